The van der Waals surface area contributed by atoms with Crippen LogP contribution < -0.4 is 4.74 Å². The van der Waals surface area contributed by atoms with Gasteiger partial charge in [0.15, 0.2) is 0 Å². The van der Waals surface area contributed by atoms with Gasteiger partial charge in [-0.05, 0) is 36.8 Å². The molecule has 0 unspecified atom stereocenters. The topological polar surface area (TPSA) is 52.6 Å². The minimum Gasteiger partial charge on any atom is -0.457 e. The van der Waals surface area contributed by atoms with E-state index in [1.54, 1.807) is 55.5 Å². The maximum absolute atomic E-state index is 12.0. The molecule has 0 N–H and O–H groups in total. The van der Waals surface area contributed by atoms with Crippen molar-refractivity contribution in [3.8, 4) is 5.75 Å². The second kappa shape index (κ2) is 7.22. The van der Waals surface area contributed by atoms with Crippen molar-refractivity contribution >= 4 is 11.9 Å². The monoisotopic (exact) mass is 296 g/mol. The lowest BCUT2D eigenvalue weighted by Gasteiger charge is -2.07. The quantitative estimate of drug-likeness (QED) is 0.481. The van der Waals surface area contributed by atoms with Crippen molar-refractivity contribution in [1.82, 2.24) is 0 Å². The van der Waals surface area contributed by atoms with E-state index in [1.165, 1.54) is 0 Å². The van der Waals surface area contributed by atoms with Gasteiger partial charge in [0.1, 0.15) is 12.4 Å². The van der Waals surface area contributed by atoms with Gasteiger partial charge in [-0.1, -0.05) is 36.9 Å². The highest BCUT2D eigenvalue weighted by atomic mass is 16.5. The van der Waals surface area contributed by atoms with Gasteiger partial charge in [0, 0.05) is 5.57 Å². The van der Waals surface area contributed by atoms with Gasteiger partial charge in [-0.3, -0.25) is 0 Å². The lowest BCUT2D eigenvalue weighted by molar-refractivity contribution is -0.140. The van der Waals surface area contributed by atoms with Crippen LogP contribution in [0.4, 0.5) is 0 Å². The molecule has 112 valence electrons. The number of hydrogen-bond acceptors (Lipinski definition) is 4. The Kier molecular flexibility index (Phi) is 5.09. The number of hydrogen-bond donors (Lipinski definition) is 0. The van der Waals surface area contributed by atoms with E-state index in [4.69, 9.17) is 9.47 Å². The molecule has 2 rings (SSSR count). The van der Waals surface area contributed by atoms with Gasteiger partial charge < -0.3 is 9.47 Å². The zero-order valence-electron chi connectivity index (χ0n) is 12.2. The van der Waals surface area contributed by atoms with Crippen LogP contribution >= 0.6 is 0 Å². The van der Waals surface area contributed by atoms with Crippen molar-refractivity contribution in [2.45, 2.75) is 13.5 Å². The Morgan fingerprint density at radius 1 is 1.05 bits per heavy atom. The van der Waals surface area contributed by atoms with Gasteiger partial charge in [0.2, 0.25) is 0 Å². The van der Waals surface area contributed by atoms with Gasteiger partial charge in [-0.15, -0.1) is 0 Å². The summed E-state index contributed by atoms with van der Waals surface area (Å²) < 4.78 is 10.4. The van der Waals surface area contributed by atoms with Crippen LogP contribution in [0.1, 0.15) is 22.8 Å². The number of carbonyl (C=O) groups is 2. The highest BCUT2D eigenvalue weighted by Crippen LogP contribution is 2.16. The third-order valence-corrected chi connectivity index (χ3v) is 2.84. The highest BCUT2D eigenvalue weighted by molar-refractivity contribution is 5.91. The van der Waals surface area contributed by atoms with E-state index in [-0.39, 0.29) is 6.61 Å². The number of esters is 2. The van der Waals surface area contributed by atoms with E-state index in [2.05, 4.69) is 6.58 Å². The molecule has 0 aromatic heterocycles. The van der Waals surface area contributed by atoms with Crippen molar-refractivity contribution in [1.29, 1.82) is 0 Å². The van der Waals surface area contributed by atoms with Crippen LogP contribution in [0, 0.1) is 0 Å². The largest absolute Gasteiger partial charge is 0.457 e. The van der Waals surface area contributed by atoms with E-state index >= 15 is 0 Å². The van der Waals surface area contributed by atoms with Crippen molar-refractivity contribution in [2.75, 3.05) is 0 Å². The number of carbonyl (C=O) groups excluding carboxylic acids is 2. The minimum atomic E-state index is -0.452. The Bertz CT molecular complexity index is 689. The van der Waals surface area contributed by atoms with Gasteiger partial charge >= 0.3 is 11.9 Å². The van der Waals surface area contributed by atoms with E-state index in [9.17, 15) is 9.59 Å². The Morgan fingerprint density at radius 3 is 2.45 bits per heavy atom. The first-order valence-electron chi connectivity index (χ1n) is 6.75. The smallest absolute Gasteiger partial charge is 0.343 e. The van der Waals surface area contributed by atoms with Crippen molar-refractivity contribution in [2.24, 2.45) is 0 Å². The Balaban J connectivity index is 2.01. The van der Waals surface area contributed by atoms with E-state index < -0.39 is 11.9 Å². The van der Waals surface area contributed by atoms with Crippen LogP contribution in [0.3, 0.4) is 0 Å². The molecule has 22 heavy (non-hydrogen) atoms. The average Bonchev–Trinajstić information content (AvgIpc) is 2.53. The molecule has 0 bridgehead atoms. The number of ether oxygens (including phenoxy) is 2. The number of rotatable bonds is 5. The third-order valence-electron chi connectivity index (χ3n) is 2.84. The standard InChI is InChI=1S/C18H16O4/c1-13(2)17(19)21-12-14-7-6-10-16(11-14)22-18(20)15-8-4-3-5-9-15/h3-11H,1,12H2,2H3. The van der Waals surface area contributed by atoms with Crippen LogP contribution in [-0.2, 0) is 16.1 Å². The summed E-state index contributed by atoms with van der Waals surface area (Å²) in [6, 6.07) is 15.6. The molecule has 0 saturated heterocycles. The molecule has 2 aromatic carbocycles. The van der Waals surface area contributed by atoms with Crippen molar-refractivity contribution in [3.05, 3.63) is 77.9 Å². The third kappa shape index (κ3) is 4.31. The Morgan fingerprint density at radius 2 is 1.77 bits per heavy atom. The molecule has 0 saturated carbocycles. The molecule has 0 aliphatic heterocycles. The normalized spacial score (nSPS) is 9.86. The molecule has 0 atom stereocenters. The fraction of sp³-hybridized carbons (Fsp3) is 0.111. The summed E-state index contributed by atoms with van der Waals surface area (Å²) in [4.78, 5) is 23.3. The second-order valence-corrected chi connectivity index (χ2v) is 4.76. The molecule has 2 aromatic rings. The molecule has 0 aliphatic rings. The van der Waals surface area contributed by atoms with Crippen LogP contribution in [0.25, 0.3) is 0 Å². The summed E-state index contributed by atoms with van der Waals surface area (Å²) in [6.45, 7) is 5.20. The molecule has 4 heteroatoms. The van der Waals surface area contributed by atoms with Crippen LogP contribution in [-0.4, -0.2) is 11.9 Å². The van der Waals surface area contributed by atoms with E-state index in [0.717, 1.165) is 5.56 Å². The summed E-state index contributed by atoms with van der Waals surface area (Å²) in [6.07, 6.45) is 0. The van der Waals surface area contributed by atoms with E-state index in [1.807, 2.05) is 6.07 Å². The molecular formula is C18H16O4. The maximum Gasteiger partial charge on any atom is 0.343 e. The summed E-state index contributed by atoms with van der Waals surface area (Å²) in [7, 11) is 0. The van der Waals surface area contributed by atoms with Crippen molar-refractivity contribution in [3.63, 3.8) is 0 Å². The van der Waals surface area contributed by atoms with Crippen molar-refractivity contribution < 1.29 is 19.1 Å². The molecule has 0 aliphatic carbocycles. The van der Waals surface area contributed by atoms with Crippen LogP contribution in [0.5, 0.6) is 5.75 Å². The molecule has 0 radical (unpaired) electrons. The first kappa shape index (κ1) is 15.5. The predicted molar refractivity (Wildman–Crippen MR) is 82.5 cm³/mol. The Labute approximate surface area is 129 Å². The molecule has 0 fully saturated rings. The molecule has 0 spiro atoms. The summed E-state index contributed by atoms with van der Waals surface area (Å²) in [5, 5.41) is 0. The summed E-state index contributed by atoms with van der Waals surface area (Å²) in [5.74, 6) is -0.485. The molecule has 0 amide bonds. The highest BCUT2D eigenvalue weighted by Gasteiger charge is 2.09. The maximum atomic E-state index is 12.0. The van der Waals surface area contributed by atoms with Gasteiger partial charge in [-0.2, -0.15) is 0 Å². The van der Waals surface area contributed by atoms with Gasteiger partial charge in [-0.25, -0.2) is 9.59 Å². The van der Waals surface area contributed by atoms with E-state index in [0.29, 0.717) is 16.9 Å². The fourth-order valence-corrected chi connectivity index (χ4v) is 1.71. The lowest BCUT2D eigenvalue weighted by Crippen LogP contribution is -2.09. The first-order chi connectivity index (χ1) is 10.6. The molecular weight excluding hydrogens is 280 g/mol. The predicted octanol–water partition coefficient (Wildman–Crippen LogP) is 3.53. The Hall–Kier alpha value is -2.88. The van der Waals surface area contributed by atoms with Gasteiger partial charge in [0.05, 0.1) is 5.56 Å². The number of benzene rings is 2. The minimum absolute atomic E-state index is 0.0996. The van der Waals surface area contributed by atoms with Crippen LogP contribution in [0.2, 0.25) is 0 Å². The molecule has 0 heterocycles. The second-order valence-electron chi connectivity index (χ2n) is 4.76. The summed E-state index contributed by atoms with van der Waals surface area (Å²) in [5.41, 5.74) is 1.54. The molecule has 4 nitrogen and oxygen atoms in total. The lowest BCUT2D eigenvalue weighted by atomic mass is 10.2. The van der Waals surface area contributed by atoms with Gasteiger partial charge in [0.25, 0.3) is 0 Å². The zero-order valence-corrected chi connectivity index (χ0v) is 12.2. The summed E-state index contributed by atoms with van der Waals surface area (Å²) >= 11 is 0. The first-order valence-corrected chi connectivity index (χ1v) is 6.75. The van der Waals surface area contributed by atoms with Crippen LogP contribution in [0.15, 0.2) is 66.7 Å². The SMILES string of the molecule is C=C(C)C(=O)OCc1cccc(OC(=O)c2ccccc2)c1. The zero-order chi connectivity index (χ0) is 15.9. The average molecular weight is 296 g/mol. The fourth-order valence-electron chi connectivity index (χ4n) is 1.71.